The predicted octanol–water partition coefficient (Wildman–Crippen LogP) is 1.96. The lowest BCUT2D eigenvalue weighted by molar-refractivity contribution is 0.475. The van der Waals surface area contributed by atoms with Gasteiger partial charge in [-0.2, -0.15) is 0 Å². The van der Waals surface area contributed by atoms with Crippen LogP contribution >= 0.6 is 0 Å². The van der Waals surface area contributed by atoms with Crippen molar-refractivity contribution in [1.29, 1.82) is 0 Å². The molecule has 0 saturated carbocycles. The van der Waals surface area contributed by atoms with Crippen LogP contribution in [0.15, 0.2) is 41.4 Å². The summed E-state index contributed by atoms with van der Waals surface area (Å²) in [5.74, 6) is 0.624. The molecule has 0 radical (unpaired) electrons. The molecule has 0 amide bonds. The fourth-order valence-corrected chi connectivity index (χ4v) is 0.762. The third-order valence-electron chi connectivity index (χ3n) is 1.54. The van der Waals surface area contributed by atoms with Crippen LogP contribution in [0.2, 0.25) is 0 Å². The first-order valence-corrected chi connectivity index (χ1v) is 3.88. The Morgan fingerprint density at radius 2 is 1.92 bits per heavy atom. The first-order chi connectivity index (χ1) is 6.09. The second-order valence-corrected chi connectivity index (χ2v) is 2.79. The number of amidine groups is 1. The molecule has 0 aliphatic heterocycles. The average molecular weight is 176 g/mol. The minimum Gasteiger partial charge on any atom is -0.508 e. The van der Waals surface area contributed by atoms with Crippen molar-refractivity contribution in [1.82, 2.24) is 0 Å². The van der Waals surface area contributed by atoms with Crippen molar-refractivity contribution in [3.8, 4) is 5.75 Å². The van der Waals surface area contributed by atoms with Crippen LogP contribution < -0.4 is 5.73 Å². The van der Waals surface area contributed by atoms with Gasteiger partial charge < -0.3 is 10.8 Å². The fraction of sp³-hybridized carbons (Fsp3) is 0.100. The zero-order valence-corrected chi connectivity index (χ0v) is 7.49. The summed E-state index contributed by atoms with van der Waals surface area (Å²) in [7, 11) is 0. The standard InChI is InChI=1S/C10H12N2O/c1-7(2)10(11)12-8-3-5-9(13)6-4-8/h3-6,13H,1H2,2H3,(H2,11,12). The first-order valence-electron chi connectivity index (χ1n) is 3.88. The lowest BCUT2D eigenvalue weighted by Gasteiger charge is -1.98. The Balaban J connectivity index is 2.92. The smallest absolute Gasteiger partial charge is 0.126 e. The van der Waals surface area contributed by atoms with Gasteiger partial charge in [-0.3, -0.25) is 0 Å². The first kappa shape index (κ1) is 9.32. The van der Waals surface area contributed by atoms with Gasteiger partial charge >= 0.3 is 0 Å². The monoisotopic (exact) mass is 176 g/mol. The van der Waals surface area contributed by atoms with Gasteiger partial charge in [-0.05, 0) is 36.8 Å². The number of hydrogen-bond donors (Lipinski definition) is 2. The number of rotatable bonds is 2. The largest absolute Gasteiger partial charge is 0.508 e. The van der Waals surface area contributed by atoms with E-state index < -0.39 is 0 Å². The molecule has 1 aromatic carbocycles. The highest BCUT2D eigenvalue weighted by molar-refractivity contribution is 5.97. The lowest BCUT2D eigenvalue weighted by atomic mass is 10.3. The number of nitrogens with two attached hydrogens (primary N) is 1. The van der Waals surface area contributed by atoms with E-state index in [-0.39, 0.29) is 5.75 Å². The molecule has 13 heavy (non-hydrogen) atoms. The number of benzene rings is 1. The van der Waals surface area contributed by atoms with E-state index in [1.54, 1.807) is 31.2 Å². The number of phenolic OH excluding ortho intramolecular Hbond substituents is 1. The minimum absolute atomic E-state index is 0.216. The van der Waals surface area contributed by atoms with Crippen LogP contribution in [-0.4, -0.2) is 10.9 Å². The van der Waals surface area contributed by atoms with Crippen molar-refractivity contribution < 1.29 is 5.11 Å². The molecule has 0 aromatic heterocycles. The van der Waals surface area contributed by atoms with Crippen molar-refractivity contribution in [2.24, 2.45) is 10.7 Å². The van der Waals surface area contributed by atoms with E-state index in [0.29, 0.717) is 11.5 Å². The van der Waals surface area contributed by atoms with Crippen LogP contribution in [0.3, 0.4) is 0 Å². The van der Waals surface area contributed by atoms with Gasteiger partial charge in [0, 0.05) is 0 Å². The molecule has 0 unspecified atom stereocenters. The van der Waals surface area contributed by atoms with Crippen LogP contribution in [0, 0.1) is 0 Å². The number of aliphatic imine (C=N–C) groups is 1. The Morgan fingerprint density at radius 3 is 2.38 bits per heavy atom. The molecule has 3 nitrogen and oxygen atoms in total. The normalized spacial score (nSPS) is 11.3. The van der Waals surface area contributed by atoms with Gasteiger partial charge in [0.1, 0.15) is 11.6 Å². The maximum Gasteiger partial charge on any atom is 0.126 e. The summed E-state index contributed by atoms with van der Waals surface area (Å²) in [6, 6.07) is 6.49. The number of hydrogen-bond acceptors (Lipinski definition) is 2. The number of nitrogens with zero attached hydrogens (tertiary/aromatic N) is 1. The molecule has 0 spiro atoms. The van der Waals surface area contributed by atoms with Crippen LogP contribution in [0.1, 0.15) is 6.92 Å². The molecule has 0 fully saturated rings. The summed E-state index contributed by atoms with van der Waals surface area (Å²) >= 11 is 0. The van der Waals surface area contributed by atoms with Crippen molar-refractivity contribution in [2.45, 2.75) is 6.92 Å². The number of aromatic hydroxyl groups is 1. The van der Waals surface area contributed by atoms with E-state index in [9.17, 15) is 0 Å². The molecular weight excluding hydrogens is 164 g/mol. The van der Waals surface area contributed by atoms with E-state index in [4.69, 9.17) is 10.8 Å². The molecule has 0 saturated heterocycles. The molecule has 3 N–H and O–H groups in total. The summed E-state index contributed by atoms with van der Waals surface area (Å²) in [5, 5.41) is 9.00. The molecule has 0 atom stereocenters. The highest BCUT2D eigenvalue weighted by atomic mass is 16.3. The van der Waals surface area contributed by atoms with Crippen molar-refractivity contribution >= 4 is 11.5 Å². The van der Waals surface area contributed by atoms with Crippen LogP contribution in [-0.2, 0) is 0 Å². The summed E-state index contributed by atoms with van der Waals surface area (Å²) in [5.41, 5.74) is 7.01. The zero-order valence-electron chi connectivity index (χ0n) is 7.49. The molecular formula is C10H12N2O. The van der Waals surface area contributed by atoms with E-state index in [2.05, 4.69) is 11.6 Å². The van der Waals surface area contributed by atoms with Gasteiger partial charge in [0.05, 0.1) is 5.69 Å². The van der Waals surface area contributed by atoms with Crippen LogP contribution in [0.5, 0.6) is 5.75 Å². The topological polar surface area (TPSA) is 58.6 Å². The Hall–Kier alpha value is -1.77. The summed E-state index contributed by atoms with van der Waals surface area (Å²) in [6.07, 6.45) is 0. The van der Waals surface area contributed by atoms with Gasteiger partial charge in [0.2, 0.25) is 0 Å². The Kier molecular flexibility index (Phi) is 2.69. The SMILES string of the molecule is C=C(C)C(N)=Nc1ccc(O)cc1. The van der Waals surface area contributed by atoms with Crippen molar-refractivity contribution in [3.63, 3.8) is 0 Å². The third kappa shape index (κ3) is 2.63. The molecule has 1 aromatic rings. The second-order valence-electron chi connectivity index (χ2n) is 2.79. The molecule has 0 heterocycles. The van der Waals surface area contributed by atoms with E-state index >= 15 is 0 Å². The molecule has 3 heteroatoms. The van der Waals surface area contributed by atoms with Crippen molar-refractivity contribution in [3.05, 3.63) is 36.4 Å². The number of phenols is 1. The quantitative estimate of drug-likeness (QED) is 0.534. The summed E-state index contributed by atoms with van der Waals surface area (Å²) in [4.78, 5) is 4.08. The van der Waals surface area contributed by atoms with Crippen LogP contribution in [0.4, 0.5) is 5.69 Å². The second kappa shape index (κ2) is 3.76. The van der Waals surface area contributed by atoms with E-state index in [1.807, 2.05) is 0 Å². The van der Waals surface area contributed by atoms with Gasteiger partial charge in [0.15, 0.2) is 0 Å². The maximum atomic E-state index is 9.00. The highest BCUT2D eigenvalue weighted by Crippen LogP contribution is 2.16. The van der Waals surface area contributed by atoms with Gasteiger partial charge in [0.25, 0.3) is 0 Å². The Labute approximate surface area is 77.2 Å². The summed E-state index contributed by atoms with van der Waals surface area (Å²) in [6.45, 7) is 5.45. The third-order valence-corrected chi connectivity index (χ3v) is 1.54. The molecule has 0 bridgehead atoms. The predicted molar refractivity (Wildman–Crippen MR) is 54.2 cm³/mol. The molecule has 0 aliphatic rings. The highest BCUT2D eigenvalue weighted by Gasteiger charge is 1.94. The lowest BCUT2D eigenvalue weighted by Crippen LogP contribution is -2.11. The van der Waals surface area contributed by atoms with Gasteiger partial charge in [-0.1, -0.05) is 6.58 Å². The Morgan fingerprint density at radius 1 is 1.38 bits per heavy atom. The Bertz CT molecular complexity index is 338. The molecule has 1 rings (SSSR count). The van der Waals surface area contributed by atoms with Gasteiger partial charge in [-0.25, -0.2) is 4.99 Å². The average Bonchev–Trinajstić information content (AvgIpc) is 2.08. The van der Waals surface area contributed by atoms with Crippen LogP contribution in [0.25, 0.3) is 0 Å². The van der Waals surface area contributed by atoms with Gasteiger partial charge in [-0.15, -0.1) is 0 Å². The van der Waals surface area contributed by atoms with E-state index in [1.165, 1.54) is 0 Å². The molecule has 0 aliphatic carbocycles. The van der Waals surface area contributed by atoms with E-state index in [0.717, 1.165) is 5.57 Å². The fourth-order valence-electron chi connectivity index (χ4n) is 0.762. The summed E-state index contributed by atoms with van der Waals surface area (Å²) < 4.78 is 0. The zero-order chi connectivity index (χ0) is 9.84. The maximum absolute atomic E-state index is 9.00. The molecule has 68 valence electrons. The van der Waals surface area contributed by atoms with Crippen molar-refractivity contribution in [2.75, 3.05) is 0 Å². The minimum atomic E-state index is 0.216.